The van der Waals surface area contributed by atoms with Gasteiger partial charge in [0.05, 0.1) is 14.8 Å². The maximum absolute atomic E-state index is 12.6. The van der Waals surface area contributed by atoms with Gasteiger partial charge in [-0.3, -0.25) is 4.79 Å². The third-order valence-corrected chi connectivity index (χ3v) is 4.97. The zero-order chi connectivity index (χ0) is 17.3. The second-order valence-electron chi connectivity index (χ2n) is 5.29. The molecule has 128 valence electrons. The Morgan fingerprint density at radius 2 is 1.83 bits per heavy atom. The second-order valence-corrected chi connectivity index (χ2v) is 7.00. The normalized spacial score (nSPS) is 15.7. The summed E-state index contributed by atoms with van der Waals surface area (Å²) in [7, 11) is 0. The molecule has 3 heterocycles. The summed E-state index contributed by atoms with van der Waals surface area (Å²) >= 11 is 7.07. The van der Waals surface area contributed by atoms with Gasteiger partial charge in [-0.25, -0.2) is 4.98 Å². The molecule has 0 aliphatic carbocycles. The van der Waals surface area contributed by atoms with Crippen LogP contribution in [-0.4, -0.2) is 42.0 Å². The first-order chi connectivity index (χ1) is 11.3. The van der Waals surface area contributed by atoms with E-state index in [4.69, 9.17) is 11.6 Å². The molecule has 0 atom stereocenters. The van der Waals surface area contributed by atoms with Gasteiger partial charge in [-0.05, 0) is 24.3 Å². The summed E-state index contributed by atoms with van der Waals surface area (Å²) in [4.78, 5) is 20.4. The first-order valence-electron chi connectivity index (χ1n) is 7.17. The Labute approximate surface area is 145 Å². The van der Waals surface area contributed by atoms with E-state index in [2.05, 4.69) is 4.98 Å². The van der Waals surface area contributed by atoms with Crippen molar-refractivity contribution in [3.63, 3.8) is 0 Å². The van der Waals surface area contributed by atoms with Crippen LogP contribution in [0.25, 0.3) is 0 Å². The third kappa shape index (κ3) is 3.64. The molecule has 1 fully saturated rings. The number of halogens is 4. The highest BCUT2D eigenvalue weighted by Gasteiger charge is 2.31. The van der Waals surface area contributed by atoms with Crippen molar-refractivity contribution in [2.24, 2.45) is 0 Å². The van der Waals surface area contributed by atoms with Crippen LogP contribution >= 0.6 is 22.9 Å². The molecule has 2 aromatic heterocycles. The molecule has 0 N–H and O–H groups in total. The quantitative estimate of drug-likeness (QED) is 0.801. The SMILES string of the molecule is O=C(c1ccc(Cl)s1)N1CCN(c2ccc(C(F)(F)F)cn2)CC1. The van der Waals surface area contributed by atoms with E-state index in [9.17, 15) is 18.0 Å². The van der Waals surface area contributed by atoms with E-state index < -0.39 is 11.7 Å². The van der Waals surface area contributed by atoms with Gasteiger partial charge in [-0.15, -0.1) is 11.3 Å². The summed E-state index contributed by atoms with van der Waals surface area (Å²) in [5.41, 5.74) is -0.769. The van der Waals surface area contributed by atoms with E-state index >= 15 is 0 Å². The second kappa shape index (κ2) is 6.60. The molecule has 1 amide bonds. The average molecular weight is 376 g/mol. The smallest absolute Gasteiger partial charge is 0.353 e. The summed E-state index contributed by atoms with van der Waals surface area (Å²) in [5.74, 6) is 0.404. The molecular formula is C15H13ClF3N3OS. The predicted octanol–water partition coefficient (Wildman–Crippen LogP) is 3.78. The van der Waals surface area contributed by atoms with Crippen LogP contribution in [0.15, 0.2) is 30.5 Å². The highest BCUT2D eigenvalue weighted by atomic mass is 35.5. The highest BCUT2D eigenvalue weighted by Crippen LogP contribution is 2.29. The number of rotatable bonds is 2. The Kier molecular flexibility index (Phi) is 4.69. The van der Waals surface area contributed by atoms with E-state index in [0.29, 0.717) is 41.2 Å². The van der Waals surface area contributed by atoms with E-state index in [-0.39, 0.29) is 5.91 Å². The average Bonchev–Trinajstić information content (AvgIpc) is 3.00. The van der Waals surface area contributed by atoms with E-state index in [1.165, 1.54) is 17.4 Å². The summed E-state index contributed by atoms with van der Waals surface area (Å²) in [6, 6.07) is 5.76. The molecule has 4 nitrogen and oxygen atoms in total. The van der Waals surface area contributed by atoms with Gasteiger partial charge < -0.3 is 9.80 Å². The fourth-order valence-electron chi connectivity index (χ4n) is 2.46. The molecule has 0 bridgehead atoms. The molecular weight excluding hydrogens is 363 g/mol. The summed E-state index contributed by atoms with van der Waals surface area (Å²) in [6.07, 6.45) is -3.56. The number of carbonyl (C=O) groups is 1. The Morgan fingerprint density at radius 1 is 1.12 bits per heavy atom. The minimum atomic E-state index is -4.39. The van der Waals surface area contributed by atoms with Crippen molar-refractivity contribution in [1.82, 2.24) is 9.88 Å². The van der Waals surface area contributed by atoms with Gasteiger partial charge in [-0.1, -0.05) is 11.6 Å². The number of hydrogen-bond donors (Lipinski definition) is 0. The molecule has 0 radical (unpaired) electrons. The zero-order valence-electron chi connectivity index (χ0n) is 12.4. The van der Waals surface area contributed by atoms with Crippen LogP contribution < -0.4 is 4.90 Å². The molecule has 3 rings (SSSR count). The van der Waals surface area contributed by atoms with Gasteiger partial charge in [0.25, 0.3) is 5.91 Å². The molecule has 24 heavy (non-hydrogen) atoms. The number of nitrogens with zero attached hydrogens (tertiary/aromatic N) is 3. The molecule has 0 spiro atoms. The molecule has 1 aliphatic heterocycles. The zero-order valence-corrected chi connectivity index (χ0v) is 14.0. The molecule has 0 unspecified atom stereocenters. The third-order valence-electron chi connectivity index (χ3n) is 3.75. The first kappa shape index (κ1) is 17.0. The van der Waals surface area contributed by atoms with Gasteiger partial charge in [0, 0.05) is 32.4 Å². The summed E-state index contributed by atoms with van der Waals surface area (Å²) in [6.45, 7) is 2.00. The number of amides is 1. The molecule has 1 aliphatic rings. The lowest BCUT2D eigenvalue weighted by atomic mass is 10.2. The van der Waals surface area contributed by atoms with Crippen LogP contribution in [-0.2, 0) is 6.18 Å². The van der Waals surface area contributed by atoms with Gasteiger partial charge in [0.15, 0.2) is 0 Å². The van der Waals surface area contributed by atoms with Crippen molar-refractivity contribution in [2.75, 3.05) is 31.1 Å². The topological polar surface area (TPSA) is 36.4 Å². The summed E-state index contributed by atoms with van der Waals surface area (Å²) < 4.78 is 38.2. The summed E-state index contributed by atoms with van der Waals surface area (Å²) in [5, 5.41) is 0. The number of aromatic nitrogens is 1. The Balaban J connectivity index is 1.61. The number of hydrogen-bond acceptors (Lipinski definition) is 4. The van der Waals surface area contributed by atoms with Gasteiger partial charge in [0.2, 0.25) is 0 Å². The molecule has 2 aromatic rings. The van der Waals surface area contributed by atoms with Crippen LogP contribution in [0, 0.1) is 0 Å². The van der Waals surface area contributed by atoms with Gasteiger partial charge in [0.1, 0.15) is 5.82 Å². The first-order valence-corrected chi connectivity index (χ1v) is 8.37. The monoisotopic (exact) mass is 375 g/mol. The fourth-order valence-corrected chi connectivity index (χ4v) is 3.48. The lowest BCUT2D eigenvalue weighted by Crippen LogP contribution is -2.48. The van der Waals surface area contributed by atoms with E-state index in [0.717, 1.165) is 12.3 Å². The number of thiophene rings is 1. The van der Waals surface area contributed by atoms with Crippen LogP contribution in [0.2, 0.25) is 4.34 Å². The molecule has 9 heteroatoms. The minimum absolute atomic E-state index is 0.0769. The highest BCUT2D eigenvalue weighted by molar-refractivity contribution is 7.17. The number of alkyl halides is 3. The van der Waals surface area contributed by atoms with Crippen molar-refractivity contribution < 1.29 is 18.0 Å². The maximum Gasteiger partial charge on any atom is 0.417 e. The Hall–Kier alpha value is -1.80. The van der Waals surface area contributed by atoms with Crippen LogP contribution in [0.4, 0.5) is 19.0 Å². The molecule has 1 saturated heterocycles. The molecule has 0 saturated carbocycles. The minimum Gasteiger partial charge on any atom is -0.353 e. The van der Waals surface area contributed by atoms with Crippen LogP contribution in [0.1, 0.15) is 15.2 Å². The van der Waals surface area contributed by atoms with Crippen molar-refractivity contribution in [3.8, 4) is 0 Å². The van der Waals surface area contributed by atoms with Crippen molar-refractivity contribution in [1.29, 1.82) is 0 Å². The van der Waals surface area contributed by atoms with Crippen molar-refractivity contribution >= 4 is 34.7 Å². The lowest BCUT2D eigenvalue weighted by molar-refractivity contribution is -0.137. The van der Waals surface area contributed by atoms with Crippen molar-refractivity contribution in [3.05, 3.63) is 45.2 Å². The predicted molar refractivity (Wildman–Crippen MR) is 86.7 cm³/mol. The Morgan fingerprint density at radius 3 is 2.33 bits per heavy atom. The van der Waals surface area contributed by atoms with Gasteiger partial charge >= 0.3 is 6.18 Å². The number of piperazine rings is 1. The van der Waals surface area contributed by atoms with E-state index in [1.54, 1.807) is 17.0 Å². The lowest BCUT2D eigenvalue weighted by Gasteiger charge is -2.35. The maximum atomic E-state index is 12.6. The van der Waals surface area contributed by atoms with E-state index in [1.807, 2.05) is 4.90 Å². The number of pyridine rings is 1. The number of anilines is 1. The van der Waals surface area contributed by atoms with Crippen LogP contribution in [0.3, 0.4) is 0 Å². The molecule has 0 aromatic carbocycles. The Bertz CT molecular complexity index is 724. The standard InChI is InChI=1S/C15H13ClF3N3OS/c16-12-3-2-11(24-12)14(23)22-7-5-21(6-8-22)13-4-1-10(9-20-13)15(17,18)19/h1-4,9H,5-8H2. The number of carbonyl (C=O) groups excluding carboxylic acids is 1. The van der Waals surface area contributed by atoms with Crippen LogP contribution in [0.5, 0.6) is 0 Å². The largest absolute Gasteiger partial charge is 0.417 e. The fraction of sp³-hybridized carbons (Fsp3) is 0.333. The van der Waals surface area contributed by atoms with Gasteiger partial charge in [-0.2, -0.15) is 13.2 Å². The van der Waals surface area contributed by atoms with Crippen molar-refractivity contribution in [2.45, 2.75) is 6.18 Å².